The molecule has 0 unspecified atom stereocenters. The van der Waals surface area contributed by atoms with E-state index in [1.807, 2.05) is 0 Å². The Morgan fingerprint density at radius 1 is 1.36 bits per heavy atom. The van der Waals surface area contributed by atoms with Crippen LogP contribution in [0.15, 0.2) is 0 Å². The van der Waals surface area contributed by atoms with E-state index in [1.54, 1.807) is 0 Å². The van der Waals surface area contributed by atoms with Crippen molar-refractivity contribution in [1.82, 2.24) is 0 Å². The molecular weight excluding hydrogens is 150 g/mol. The highest BCUT2D eigenvalue weighted by molar-refractivity contribution is 5.85. The highest BCUT2D eigenvalue weighted by Gasteiger charge is 2.38. The van der Waals surface area contributed by atoms with Gasteiger partial charge in [0, 0.05) is 0 Å². The zero-order valence-electron chi connectivity index (χ0n) is 6.37. The number of aliphatic carboxylic acids is 2. The van der Waals surface area contributed by atoms with Gasteiger partial charge in [-0.3, -0.25) is 9.59 Å². The zero-order valence-corrected chi connectivity index (χ0v) is 6.37. The average Bonchev–Trinajstić information content (AvgIpc) is 1.85. The first-order valence-corrected chi connectivity index (χ1v) is 3.02. The zero-order chi connectivity index (χ0) is 9.23. The predicted molar refractivity (Wildman–Crippen MR) is 37.0 cm³/mol. The van der Waals surface area contributed by atoms with E-state index in [0.717, 1.165) is 0 Å². The Morgan fingerprint density at radius 3 is 1.82 bits per heavy atom. The first-order valence-electron chi connectivity index (χ1n) is 3.02. The minimum atomic E-state index is -1.42. The Bertz CT molecular complexity index is 187. The molecule has 0 aromatic rings. The van der Waals surface area contributed by atoms with Crippen LogP contribution in [-0.4, -0.2) is 28.2 Å². The average molecular weight is 161 g/mol. The second-order valence-electron chi connectivity index (χ2n) is 2.84. The fraction of sp³-hybridized carbons (Fsp3) is 0.667. The summed E-state index contributed by atoms with van der Waals surface area (Å²) in [5.41, 5.74) is 3.69. The lowest BCUT2D eigenvalue weighted by Crippen LogP contribution is -2.48. The minimum absolute atomic E-state index is 1.22. The molecule has 0 aliphatic rings. The standard InChI is InChI=1S/C6H11NO4/c1-6(2,5(10)11)3(7)4(8)9/h3H,7H2,1-2H3,(H,8,9)(H,10,11)/t3-/m0/s1. The summed E-state index contributed by atoms with van der Waals surface area (Å²) in [7, 11) is 0. The van der Waals surface area contributed by atoms with Gasteiger partial charge in [0.2, 0.25) is 0 Å². The van der Waals surface area contributed by atoms with E-state index in [1.165, 1.54) is 13.8 Å². The van der Waals surface area contributed by atoms with Gasteiger partial charge >= 0.3 is 11.9 Å². The van der Waals surface area contributed by atoms with E-state index in [2.05, 4.69) is 0 Å². The maximum absolute atomic E-state index is 10.4. The molecule has 0 amide bonds. The SMILES string of the molecule is CC(C)(C(=O)O)[C@@H](N)C(=O)O. The molecule has 0 fully saturated rings. The van der Waals surface area contributed by atoms with E-state index in [0.29, 0.717) is 0 Å². The number of carboxylic acids is 2. The molecule has 0 aromatic heterocycles. The van der Waals surface area contributed by atoms with Crippen LogP contribution in [0.25, 0.3) is 0 Å². The number of hydrogen-bond donors (Lipinski definition) is 3. The van der Waals surface area contributed by atoms with Crippen molar-refractivity contribution in [2.75, 3.05) is 0 Å². The summed E-state index contributed by atoms with van der Waals surface area (Å²) in [5.74, 6) is -2.52. The lowest BCUT2D eigenvalue weighted by molar-refractivity contribution is -0.155. The van der Waals surface area contributed by atoms with E-state index in [-0.39, 0.29) is 0 Å². The summed E-state index contributed by atoms with van der Waals surface area (Å²) >= 11 is 0. The van der Waals surface area contributed by atoms with Crippen LogP contribution in [0.1, 0.15) is 13.8 Å². The van der Waals surface area contributed by atoms with Crippen LogP contribution in [0.4, 0.5) is 0 Å². The van der Waals surface area contributed by atoms with Crippen molar-refractivity contribution in [3.8, 4) is 0 Å². The molecule has 0 radical (unpaired) electrons. The largest absolute Gasteiger partial charge is 0.481 e. The van der Waals surface area contributed by atoms with Crippen LogP contribution in [0.5, 0.6) is 0 Å². The maximum atomic E-state index is 10.4. The molecule has 0 saturated heterocycles. The molecule has 0 rings (SSSR count). The molecule has 0 aromatic carbocycles. The normalized spacial score (nSPS) is 14.1. The van der Waals surface area contributed by atoms with Crippen molar-refractivity contribution in [2.24, 2.45) is 11.1 Å². The quantitative estimate of drug-likeness (QED) is 0.518. The molecule has 5 heteroatoms. The number of carboxylic acid groups (broad SMARTS) is 2. The third-order valence-corrected chi connectivity index (χ3v) is 1.59. The summed E-state index contributed by atoms with van der Waals surface area (Å²) in [6.07, 6.45) is 0. The Labute approximate surface area is 63.8 Å². The fourth-order valence-electron chi connectivity index (χ4n) is 0.442. The number of rotatable bonds is 3. The van der Waals surface area contributed by atoms with Crippen molar-refractivity contribution >= 4 is 11.9 Å². The molecule has 1 atom stereocenters. The molecule has 0 saturated carbocycles. The van der Waals surface area contributed by atoms with Gasteiger partial charge in [0.25, 0.3) is 0 Å². The van der Waals surface area contributed by atoms with Crippen molar-refractivity contribution < 1.29 is 19.8 Å². The van der Waals surface area contributed by atoms with E-state index < -0.39 is 23.4 Å². The van der Waals surface area contributed by atoms with Gasteiger partial charge in [-0.05, 0) is 13.8 Å². The second-order valence-corrected chi connectivity index (χ2v) is 2.84. The summed E-state index contributed by atoms with van der Waals surface area (Å²) in [6, 6.07) is -1.38. The first-order chi connectivity index (χ1) is 4.80. The molecule has 0 spiro atoms. The van der Waals surface area contributed by atoms with Gasteiger partial charge in [-0.15, -0.1) is 0 Å². The Hall–Kier alpha value is -1.10. The van der Waals surface area contributed by atoms with E-state index in [4.69, 9.17) is 15.9 Å². The highest BCUT2D eigenvalue weighted by Crippen LogP contribution is 2.18. The second kappa shape index (κ2) is 2.87. The van der Waals surface area contributed by atoms with Gasteiger partial charge in [0.1, 0.15) is 6.04 Å². The molecule has 0 bridgehead atoms. The van der Waals surface area contributed by atoms with Gasteiger partial charge in [-0.25, -0.2) is 0 Å². The van der Waals surface area contributed by atoms with E-state index >= 15 is 0 Å². The van der Waals surface area contributed by atoms with Crippen molar-refractivity contribution in [3.05, 3.63) is 0 Å². The highest BCUT2D eigenvalue weighted by atomic mass is 16.4. The van der Waals surface area contributed by atoms with Gasteiger partial charge in [-0.1, -0.05) is 0 Å². The van der Waals surface area contributed by atoms with Gasteiger partial charge in [-0.2, -0.15) is 0 Å². The molecule has 5 nitrogen and oxygen atoms in total. The van der Waals surface area contributed by atoms with Gasteiger partial charge < -0.3 is 15.9 Å². The van der Waals surface area contributed by atoms with Crippen molar-refractivity contribution in [3.63, 3.8) is 0 Å². The lowest BCUT2D eigenvalue weighted by Gasteiger charge is -2.22. The smallest absolute Gasteiger partial charge is 0.321 e. The maximum Gasteiger partial charge on any atom is 0.321 e. The van der Waals surface area contributed by atoms with E-state index in [9.17, 15) is 9.59 Å². The predicted octanol–water partition coefficient (Wildman–Crippen LogP) is -0.491. The van der Waals surface area contributed by atoms with Crippen LogP contribution >= 0.6 is 0 Å². The summed E-state index contributed by atoms with van der Waals surface area (Å²) in [6.45, 7) is 2.54. The number of nitrogens with two attached hydrogens (primary N) is 1. The third-order valence-electron chi connectivity index (χ3n) is 1.59. The molecule has 64 valence electrons. The number of hydrogen-bond acceptors (Lipinski definition) is 3. The molecule has 0 aliphatic carbocycles. The lowest BCUT2D eigenvalue weighted by atomic mass is 9.85. The Morgan fingerprint density at radius 2 is 1.73 bits per heavy atom. The molecular formula is C6H11NO4. The Balaban J connectivity index is 4.55. The van der Waals surface area contributed by atoms with Crippen LogP contribution in [0, 0.1) is 5.41 Å². The number of carbonyl (C=O) groups is 2. The topological polar surface area (TPSA) is 101 Å². The molecule has 0 heterocycles. The minimum Gasteiger partial charge on any atom is -0.481 e. The summed E-state index contributed by atoms with van der Waals surface area (Å²) < 4.78 is 0. The van der Waals surface area contributed by atoms with Crippen LogP contribution in [0.2, 0.25) is 0 Å². The van der Waals surface area contributed by atoms with Crippen LogP contribution in [-0.2, 0) is 9.59 Å². The monoisotopic (exact) mass is 161 g/mol. The van der Waals surface area contributed by atoms with Crippen LogP contribution in [0.3, 0.4) is 0 Å². The first kappa shape index (κ1) is 9.90. The van der Waals surface area contributed by atoms with Crippen molar-refractivity contribution in [2.45, 2.75) is 19.9 Å². The molecule has 0 aliphatic heterocycles. The van der Waals surface area contributed by atoms with Gasteiger partial charge in [0.05, 0.1) is 5.41 Å². The van der Waals surface area contributed by atoms with Crippen LogP contribution < -0.4 is 5.73 Å². The molecule has 11 heavy (non-hydrogen) atoms. The Kier molecular flexibility index (Phi) is 2.59. The summed E-state index contributed by atoms with van der Waals surface area (Å²) in [5, 5.41) is 16.9. The third kappa shape index (κ3) is 1.91. The van der Waals surface area contributed by atoms with Gasteiger partial charge in [0.15, 0.2) is 0 Å². The fourth-order valence-corrected chi connectivity index (χ4v) is 0.442. The molecule has 4 N–H and O–H groups in total. The summed E-state index contributed by atoms with van der Waals surface area (Å²) in [4.78, 5) is 20.7. The van der Waals surface area contributed by atoms with Crippen molar-refractivity contribution in [1.29, 1.82) is 0 Å².